The van der Waals surface area contributed by atoms with Gasteiger partial charge in [0, 0.05) is 4.47 Å². The Kier molecular flexibility index (Phi) is 1.74. The molecule has 0 aliphatic carbocycles. The standard InChI is InChI=1S/C10H9BrO2/c1-10(2)9(12)7-5-6(11)3-4-8(7)13-10/h3-5H,1-2H3. The number of hydrogen-bond donors (Lipinski definition) is 0. The van der Waals surface area contributed by atoms with Crippen molar-refractivity contribution >= 4 is 21.7 Å². The third-order valence-corrected chi connectivity index (χ3v) is 2.59. The van der Waals surface area contributed by atoms with Crippen LogP contribution < -0.4 is 4.74 Å². The van der Waals surface area contributed by atoms with Crippen molar-refractivity contribution in [1.29, 1.82) is 0 Å². The summed E-state index contributed by atoms with van der Waals surface area (Å²) in [5, 5.41) is 0. The Bertz CT molecular complexity index is 383. The molecule has 0 fully saturated rings. The van der Waals surface area contributed by atoms with E-state index < -0.39 is 5.60 Å². The van der Waals surface area contributed by atoms with Crippen LogP contribution in [0.1, 0.15) is 24.2 Å². The number of benzene rings is 1. The zero-order chi connectivity index (χ0) is 9.64. The zero-order valence-corrected chi connectivity index (χ0v) is 9.01. The van der Waals surface area contributed by atoms with Crippen LogP contribution in [-0.2, 0) is 0 Å². The van der Waals surface area contributed by atoms with Gasteiger partial charge in [-0.3, -0.25) is 4.79 Å². The maximum Gasteiger partial charge on any atom is 0.209 e. The third-order valence-electron chi connectivity index (χ3n) is 2.10. The Morgan fingerprint density at radius 3 is 2.77 bits per heavy atom. The van der Waals surface area contributed by atoms with Crippen molar-refractivity contribution in [3.8, 4) is 5.75 Å². The van der Waals surface area contributed by atoms with Crippen LogP contribution in [0.3, 0.4) is 0 Å². The zero-order valence-electron chi connectivity index (χ0n) is 7.43. The van der Waals surface area contributed by atoms with Gasteiger partial charge in [-0.25, -0.2) is 0 Å². The third kappa shape index (κ3) is 1.27. The van der Waals surface area contributed by atoms with Crippen molar-refractivity contribution in [3.05, 3.63) is 28.2 Å². The molecule has 0 N–H and O–H groups in total. The van der Waals surface area contributed by atoms with Gasteiger partial charge in [-0.1, -0.05) is 15.9 Å². The maximum absolute atomic E-state index is 11.7. The van der Waals surface area contributed by atoms with Crippen LogP contribution in [0.15, 0.2) is 22.7 Å². The van der Waals surface area contributed by atoms with E-state index in [1.807, 2.05) is 12.1 Å². The summed E-state index contributed by atoms with van der Waals surface area (Å²) in [5.41, 5.74) is -0.0391. The lowest BCUT2D eigenvalue weighted by Crippen LogP contribution is -2.31. The molecular weight excluding hydrogens is 232 g/mol. The fourth-order valence-corrected chi connectivity index (χ4v) is 1.78. The van der Waals surface area contributed by atoms with Crippen LogP contribution in [0, 0.1) is 0 Å². The second-order valence-electron chi connectivity index (χ2n) is 3.58. The number of ketones is 1. The number of hydrogen-bond acceptors (Lipinski definition) is 2. The molecule has 0 saturated heterocycles. The van der Waals surface area contributed by atoms with Crippen LogP contribution >= 0.6 is 15.9 Å². The molecule has 3 heteroatoms. The minimum absolute atomic E-state index is 0.0452. The average molecular weight is 241 g/mol. The van der Waals surface area contributed by atoms with Crippen molar-refractivity contribution in [1.82, 2.24) is 0 Å². The maximum atomic E-state index is 11.7. The van der Waals surface area contributed by atoms with Gasteiger partial charge < -0.3 is 4.74 Å². The molecule has 1 aliphatic rings. The van der Waals surface area contributed by atoms with E-state index in [-0.39, 0.29) is 5.78 Å². The van der Waals surface area contributed by atoms with Crippen LogP contribution in [-0.4, -0.2) is 11.4 Å². The summed E-state index contributed by atoms with van der Waals surface area (Å²) in [5.74, 6) is 0.724. The van der Waals surface area contributed by atoms with E-state index in [1.54, 1.807) is 19.9 Å². The van der Waals surface area contributed by atoms with Crippen LogP contribution in [0.2, 0.25) is 0 Å². The van der Waals surface area contributed by atoms with Gasteiger partial charge in [0.2, 0.25) is 5.78 Å². The molecule has 1 aromatic rings. The minimum atomic E-state index is -0.705. The molecule has 0 atom stereocenters. The Hall–Kier alpha value is -0.830. The molecule has 0 unspecified atom stereocenters. The van der Waals surface area contributed by atoms with E-state index in [9.17, 15) is 4.79 Å². The first-order valence-corrected chi connectivity index (χ1v) is 4.83. The summed E-state index contributed by atoms with van der Waals surface area (Å²) in [7, 11) is 0. The lowest BCUT2D eigenvalue weighted by molar-refractivity contribution is 0.0684. The molecule has 0 amide bonds. The lowest BCUT2D eigenvalue weighted by Gasteiger charge is -2.14. The number of Topliss-reactive ketones (excluding diaryl/α,β-unsaturated/α-hetero) is 1. The number of fused-ring (bicyclic) bond motifs is 1. The first kappa shape index (κ1) is 8.75. The molecule has 0 aromatic heterocycles. The SMILES string of the molecule is CC1(C)Oc2ccc(Br)cc2C1=O. The average Bonchev–Trinajstić information content (AvgIpc) is 2.26. The van der Waals surface area contributed by atoms with Gasteiger partial charge in [0.15, 0.2) is 5.60 Å². The van der Waals surface area contributed by atoms with Gasteiger partial charge in [0.1, 0.15) is 5.75 Å². The summed E-state index contributed by atoms with van der Waals surface area (Å²) >= 11 is 3.32. The van der Waals surface area contributed by atoms with Gasteiger partial charge in [0.05, 0.1) is 5.56 Å². The molecule has 2 rings (SSSR count). The predicted octanol–water partition coefficient (Wildman–Crippen LogP) is 2.80. The highest BCUT2D eigenvalue weighted by molar-refractivity contribution is 9.10. The van der Waals surface area contributed by atoms with Crippen molar-refractivity contribution in [2.24, 2.45) is 0 Å². The van der Waals surface area contributed by atoms with E-state index in [0.717, 1.165) is 4.47 Å². The van der Waals surface area contributed by atoms with Crippen molar-refractivity contribution < 1.29 is 9.53 Å². The first-order chi connectivity index (χ1) is 6.00. The van der Waals surface area contributed by atoms with Gasteiger partial charge in [-0.15, -0.1) is 0 Å². The lowest BCUT2D eigenvalue weighted by atomic mass is 10.0. The Morgan fingerprint density at radius 1 is 1.38 bits per heavy atom. The van der Waals surface area contributed by atoms with Gasteiger partial charge in [0.25, 0.3) is 0 Å². The Morgan fingerprint density at radius 2 is 2.08 bits per heavy atom. The van der Waals surface area contributed by atoms with E-state index in [1.165, 1.54) is 0 Å². The number of carbonyl (C=O) groups excluding carboxylic acids is 1. The summed E-state index contributed by atoms with van der Waals surface area (Å²) in [6.07, 6.45) is 0. The van der Waals surface area contributed by atoms with Crippen molar-refractivity contribution in [2.75, 3.05) is 0 Å². The fourth-order valence-electron chi connectivity index (χ4n) is 1.41. The van der Waals surface area contributed by atoms with Crippen LogP contribution in [0.5, 0.6) is 5.75 Å². The first-order valence-electron chi connectivity index (χ1n) is 4.04. The number of carbonyl (C=O) groups is 1. The second-order valence-corrected chi connectivity index (χ2v) is 4.50. The van der Waals surface area contributed by atoms with Crippen molar-refractivity contribution in [2.45, 2.75) is 19.4 Å². The monoisotopic (exact) mass is 240 g/mol. The summed E-state index contributed by atoms with van der Waals surface area (Å²) in [4.78, 5) is 11.7. The molecule has 0 spiro atoms. The summed E-state index contributed by atoms with van der Waals surface area (Å²) in [6, 6.07) is 5.48. The molecule has 2 nitrogen and oxygen atoms in total. The molecule has 0 radical (unpaired) electrons. The number of ether oxygens (including phenoxy) is 1. The fraction of sp³-hybridized carbons (Fsp3) is 0.300. The smallest absolute Gasteiger partial charge is 0.209 e. The Labute approximate surface area is 85.0 Å². The predicted molar refractivity (Wildman–Crippen MR) is 53.2 cm³/mol. The van der Waals surface area contributed by atoms with Gasteiger partial charge in [-0.2, -0.15) is 0 Å². The molecule has 1 aromatic carbocycles. The number of halogens is 1. The normalized spacial score (nSPS) is 18.2. The quantitative estimate of drug-likeness (QED) is 0.698. The largest absolute Gasteiger partial charge is 0.479 e. The highest BCUT2D eigenvalue weighted by Gasteiger charge is 2.39. The second kappa shape index (κ2) is 2.58. The van der Waals surface area contributed by atoms with Crippen LogP contribution in [0.25, 0.3) is 0 Å². The highest BCUT2D eigenvalue weighted by Crippen LogP contribution is 2.35. The van der Waals surface area contributed by atoms with Crippen LogP contribution in [0.4, 0.5) is 0 Å². The van der Waals surface area contributed by atoms with E-state index in [2.05, 4.69) is 15.9 Å². The minimum Gasteiger partial charge on any atom is -0.479 e. The van der Waals surface area contributed by atoms with E-state index in [0.29, 0.717) is 11.3 Å². The summed E-state index contributed by atoms with van der Waals surface area (Å²) in [6.45, 7) is 3.56. The summed E-state index contributed by atoms with van der Waals surface area (Å²) < 4.78 is 6.39. The van der Waals surface area contributed by atoms with Gasteiger partial charge >= 0.3 is 0 Å². The Balaban J connectivity index is 2.57. The molecule has 0 bridgehead atoms. The molecule has 1 aliphatic heterocycles. The molecular formula is C10H9BrO2. The molecule has 68 valence electrons. The number of rotatable bonds is 0. The van der Waals surface area contributed by atoms with E-state index in [4.69, 9.17) is 4.74 Å². The van der Waals surface area contributed by atoms with Crippen molar-refractivity contribution in [3.63, 3.8) is 0 Å². The topological polar surface area (TPSA) is 26.3 Å². The van der Waals surface area contributed by atoms with Gasteiger partial charge in [-0.05, 0) is 32.0 Å². The molecule has 1 heterocycles. The molecule has 13 heavy (non-hydrogen) atoms. The highest BCUT2D eigenvalue weighted by atomic mass is 79.9. The van der Waals surface area contributed by atoms with E-state index >= 15 is 0 Å². The molecule has 0 saturated carbocycles.